The predicted octanol–water partition coefficient (Wildman–Crippen LogP) is 1.96. The zero-order valence-corrected chi connectivity index (χ0v) is 20.3. The molecule has 36 heavy (non-hydrogen) atoms. The van der Waals surface area contributed by atoms with Gasteiger partial charge >= 0.3 is 11.9 Å². The molecule has 2 aromatic carbocycles. The van der Waals surface area contributed by atoms with Crippen molar-refractivity contribution in [3.05, 3.63) is 71.3 Å². The normalized spacial score (nSPS) is 25.6. The maximum atomic E-state index is 13.3. The van der Waals surface area contributed by atoms with Gasteiger partial charge in [-0.3, -0.25) is 14.5 Å². The summed E-state index contributed by atoms with van der Waals surface area (Å²) in [4.78, 5) is 51.1. The minimum Gasteiger partial charge on any atom is -0.454 e. The molecule has 0 radical (unpaired) electrons. The van der Waals surface area contributed by atoms with E-state index in [0.717, 1.165) is 4.90 Å². The first kappa shape index (κ1) is 26.1. The molecule has 10 nitrogen and oxygen atoms in total. The summed E-state index contributed by atoms with van der Waals surface area (Å²) < 4.78 is 22.3. The number of methoxy groups -OCH3 is 1. The third kappa shape index (κ3) is 4.82. The SMILES string of the molecule is CO[C@@H]1O[C@H](CO)[C@@H](OC(=O)c2ccccc2)[C@H](OC(=O)C(Cl)Cl)[C@H]1N1C(=O)c2ccccc2C1=O. The van der Waals surface area contributed by atoms with E-state index in [1.807, 2.05) is 0 Å². The quantitative estimate of drug-likeness (QED) is 0.320. The number of carbonyl (C=O) groups is 4. The highest BCUT2D eigenvalue weighted by Crippen LogP contribution is 2.35. The molecule has 190 valence electrons. The van der Waals surface area contributed by atoms with Crippen molar-refractivity contribution in [1.82, 2.24) is 4.90 Å². The van der Waals surface area contributed by atoms with Crippen LogP contribution in [0.25, 0.3) is 0 Å². The maximum absolute atomic E-state index is 13.3. The van der Waals surface area contributed by atoms with Crippen LogP contribution in [0, 0.1) is 0 Å². The highest BCUT2D eigenvalue weighted by Gasteiger charge is 2.57. The van der Waals surface area contributed by atoms with Gasteiger partial charge in [-0.15, -0.1) is 0 Å². The van der Waals surface area contributed by atoms with Crippen LogP contribution in [0.5, 0.6) is 0 Å². The number of nitrogens with zero attached hydrogens (tertiary/aromatic N) is 1. The zero-order valence-electron chi connectivity index (χ0n) is 18.8. The number of alkyl halides is 2. The summed E-state index contributed by atoms with van der Waals surface area (Å²) in [6.07, 6.45) is -5.64. The number of ether oxygens (including phenoxy) is 4. The molecule has 0 aromatic heterocycles. The number of amides is 2. The van der Waals surface area contributed by atoms with Crippen LogP contribution in [0.3, 0.4) is 0 Å². The molecule has 1 saturated heterocycles. The van der Waals surface area contributed by atoms with Crippen LogP contribution in [0.2, 0.25) is 0 Å². The third-order valence-corrected chi connectivity index (χ3v) is 6.19. The average Bonchev–Trinajstić information content (AvgIpc) is 3.14. The molecule has 2 heterocycles. The van der Waals surface area contributed by atoms with Crippen molar-refractivity contribution in [2.75, 3.05) is 13.7 Å². The Morgan fingerprint density at radius 2 is 1.56 bits per heavy atom. The first-order valence-corrected chi connectivity index (χ1v) is 11.7. The fraction of sp³-hybridized carbons (Fsp3) is 0.333. The van der Waals surface area contributed by atoms with E-state index >= 15 is 0 Å². The number of aliphatic hydroxyl groups is 1. The van der Waals surface area contributed by atoms with Crippen LogP contribution >= 0.6 is 23.2 Å². The Morgan fingerprint density at radius 3 is 2.08 bits per heavy atom. The van der Waals surface area contributed by atoms with E-state index in [0.29, 0.717) is 0 Å². The molecule has 2 amide bonds. The fourth-order valence-electron chi connectivity index (χ4n) is 4.21. The monoisotopic (exact) mass is 537 g/mol. The minimum atomic E-state index is -1.63. The summed E-state index contributed by atoms with van der Waals surface area (Å²) in [6.45, 7) is -0.680. The van der Waals surface area contributed by atoms with Gasteiger partial charge in [0.1, 0.15) is 12.1 Å². The smallest absolute Gasteiger partial charge is 0.339 e. The van der Waals surface area contributed by atoms with Gasteiger partial charge in [-0.2, -0.15) is 0 Å². The number of rotatable bonds is 7. The van der Waals surface area contributed by atoms with Crippen LogP contribution in [0.1, 0.15) is 31.1 Å². The topological polar surface area (TPSA) is 129 Å². The number of esters is 2. The van der Waals surface area contributed by atoms with Crippen molar-refractivity contribution in [3.63, 3.8) is 0 Å². The predicted molar refractivity (Wildman–Crippen MR) is 125 cm³/mol. The lowest BCUT2D eigenvalue weighted by Gasteiger charge is -2.46. The summed E-state index contributed by atoms with van der Waals surface area (Å²) in [5.74, 6) is -3.35. The van der Waals surface area contributed by atoms with Crippen LogP contribution in [-0.2, 0) is 23.7 Å². The Bertz CT molecular complexity index is 1120. The molecule has 0 bridgehead atoms. The second-order valence-corrected chi connectivity index (χ2v) is 9.01. The number of fused-ring (bicyclic) bond motifs is 1. The molecule has 0 unspecified atom stereocenters. The summed E-state index contributed by atoms with van der Waals surface area (Å²) >= 11 is 11.4. The number of benzene rings is 2. The second kappa shape index (κ2) is 10.9. The minimum absolute atomic E-state index is 0.122. The van der Waals surface area contributed by atoms with E-state index in [-0.39, 0.29) is 16.7 Å². The largest absolute Gasteiger partial charge is 0.454 e. The van der Waals surface area contributed by atoms with Gasteiger partial charge in [-0.05, 0) is 24.3 Å². The molecule has 2 aliphatic heterocycles. The lowest BCUT2D eigenvalue weighted by molar-refractivity contribution is -0.274. The number of hydrogen-bond donors (Lipinski definition) is 1. The van der Waals surface area contributed by atoms with Crippen molar-refractivity contribution >= 4 is 47.0 Å². The molecule has 1 fully saturated rings. The van der Waals surface area contributed by atoms with Gasteiger partial charge in [0.2, 0.25) is 4.84 Å². The summed E-state index contributed by atoms with van der Waals surface area (Å²) in [7, 11) is 1.24. The summed E-state index contributed by atoms with van der Waals surface area (Å²) in [5.41, 5.74) is 0.409. The van der Waals surface area contributed by atoms with Gasteiger partial charge in [0.15, 0.2) is 18.5 Å². The van der Waals surface area contributed by atoms with Crippen LogP contribution in [0.4, 0.5) is 0 Å². The van der Waals surface area contributed by atoms with Crippen molar-refractivity contribution in [2.45, 2.75) is 35.5 Å². The number of aliphatic hydroxyl groups excluding tert-OH is 1. The van der Waals surface area contributed by atoms with Gasteiger partial charge in [-0.25, -0.2) is 9.59 Å². The number of carbonyl (C=O) groups excluding carboxylic acids is 4. The Hall–Kier alpha value is -3.02. The second-order valence-electron chi connectivity index (χ2n) is 7.92. The first-order valence-electron chi connectivity index (χ1n) is 10.8. The molecule has 0 spiro atoms. The summed E-state index contributed by atoms with van der Waals surface area (Å²) in [5, 5.41) is 10.0. The molecule has 2 aromatic rings. The highest BCUT2D eigenvalue weighted by molar-refractivity contribution is 6.52. The summed E-state index contributed by atoms with van der Waals surface area (Å²) in [6, 6.07) is 12.6. The van der Waals surface area contributed by atoms with Gasteiger partial charge in [-0.1, -0.05) is 53.5 Å². The fourth-order valence-corrected chi connectivity index (χ4v) is 4.31. The molecule has 4 rings (SSSR count). The first-order chi connectivity index (χ1) is 17.3. The molecule has 12 heteroatoms. The van der Waals surface area contributed by atoms with Crippen molar-refractivity contribution in [3.8, 4) is 0 Å². The molecule has 1 N–H and O–H groups in total. The number of imide groups is 1. The Labute approximate surface area is 215 Å². The van der Waals surface area contributed by atoms with Crippen LogP contribution in [0.15, 0.2) is 54.6 Å². The number of hydrogen-bond acceptors (Lipinski definition) is 9. The molecule has 2 aliphatic rings. The highest BCUT2D eigenvalue weighted by atomic mass is 35.5. The molecule has 0 saturated carbocycles. The van der Waals surface area contributed by atoms with E-state index in [2.05, 4.69) is 0 Å². The lowest BCUT2D eigenvalue weighted by Crippen LogP contribution is -2.67. The number of halogens is 2. The van der Waals surface area contributed by atoms with E-state index in [4.69, 9.17) is 42.1 Å². The average molecular weight is 538 g/mol. The molecular formula is C24H21Cl2NO9. The third-order valence-electron chi connectivity index (χ3n) is 5.83. The van der Waals surface area contributed by atoms with Crippen molar-refractivity contribution < 1.29 is 43.2 Å². The Balaban J connectivity index is 1.77. The Kier molecular flexibility index (Phi) is 7.91. The van der Waals surface area contributed by atoms with E-state index in [9.17, 15) is 24.3 Å². The van der Waals surface area contributed by atoms with Gasteiger partial charge in [0.05, 0.1) is 23.3 Å². The van der Waals surface area contributed by atoms with Crippen molar-refractivity contribution in [2.24, 2.45) is 0 Å². The standard InChI is InChI=1S/C24H21Cl2NO9/c1-33-24-16(27-20(29)13-9-5-6-10-14(13)21(27)30)18(36-23(32)19(25)26)17(15(11-28)34-24)35-22(31)12-7-3-2-4-8-12/h2-10,15-19,24,28H,11H2,1H3/t15-,16-,17-,18-,24-/m1/s1. The van der Waals surface area contributed by atoms with Gasteiger partial charge in [0, 0.05) is 7.11 Å². The van der Waals surface area contributed by atoms with E-state index in [1.54, 1.807) is 30.3 Å². The molecule has 0 aliphatic carbocycles. The van der Waals surface area contributed by atoms with Crippen molar-refractivity contribution in [1.29, 1.82) is 0 Å². The van der Waals surface area contributed by atoms with Crippen LogP contribution in [-0.4, -0.2) is 83.0 Å². The molecular weight excluding hydrogens is 517 g/mol. The Morgan fingerprint density at radius 1 is 0.972 bits per heavy atom. The van der Waals surface area contributed by atoms with E-state index in [1.165, 1.54) is 31.4 Å². The lowest BCUT2D eigenvalue weighted by atomic mass is 9.94. The molecule has 5 atom stereocenters. The van der Waals surface area contributed by atoms with E-state index < -0.39 is 65.8 Å². The van der Waals surface area contributed by atoms with Gasteiger partial charge in [0.25, 0.3) is 11.8 Å². The maximum Gasteiger partial charge on any atom is 0.339 e. The van der Waals surface area contributed by atoms with Crippen LogP contribution < -0.4 is 0 Å². The van der Waals surface area contributed by atoms with Gasteiger partial charge < -0.3 is 24.1 Å². The zero-order chi connectivity index (χ0) is 26.0.